The standard InChI is InChI=1S/C17H30O6/c1-3-7-13-14(20)16(11(2)15(22-13)12(19)10-18)23-17(21)8-5-4-6-9-17/h3,11-16,18-21H,1,4-10H2,2H3/t11-,12-,13?,14+,15-,16-/m1/s1. The fraction of sp³-hybridized carbons (Fsp3) is 0.882. The van der Waals surface area contributed by atoms with E-state index in [0.29, 0.717) is 19.3 Å². The Morgan fingerprint density at radius 1 is 1.35 bits per heavy atom. The minimum absolute atomic E-state index is 0.362. The van der Waals surface area contributed by atoms with Crippen LogP contribution in [0.3, 0.4) is 0 Å². The van der Waals surface area contributed by atoms with E-state index >= 15 is 0 Å². The van der Waals surface area contributed by atoms with E-state index in [4.69, 9.17) is 9.47 Å². The molecule has 0 aromatic rings. The summed E-state index contributed by atoms with van der Waals surface area (Å²) < 4.78 is 11.7. The van der Waals surface area contributed by atoms with Crippen LogP contribution in [0, 0.1) is 5.92 Å². The van der Waals surface area contributed by atoms with Gasteiger partial charge in [-0.15, -0.1) is 6.58 Å². The Hall–Kier alpha value is -0.500. The molecule has 0 bridgehead atoms. The zero-order valence-electron chi connectivity index (χ0n) is 13.8. The fourth-order valence-electron chi connectivity index (χ4n) is 3.67. The van der Waals surface area contributed by atoms with Crippen LogP contribution in [0.25, 0.3) is 0 Å². The van der Waals surface area contributed by atoms with E-state index in [1.54, 1.807) is 13.0 Å². The summed E-state index contributed by atoms with van der Waals surface area (Å²) in [6.07, 6.45) is 2.11. The Bertz CT molecular complexity index is 381. The van der Waals surface area contributed by atoms with Crippen molar-refractivity contribution in [3.8, 4) is 0 Å². The molecular formula is C17H30O6. The minimum atomic E-state index is -1.23. The highest BCUT2D eigenvalue weighted by atomic mass is 16.6. The summed E-state index contributed by atoms with van der Waals surface area (Å²) in [7, 11) is 0. The molecule has 1 unspecified atom stereocenters. The van der Waals surface area contributed by atoms with Crippen molar-refractivity contribution in [1.29, 1.82) is 0 Å². The van der Waals surface area contributed by atoms with Crippen molar-refractivity contribution in [3.05, 3.63) is 12.7 Å². The molecule has 23 heavy (non-hydrogen) atoms. The van der Waals surface area contributed by atoms with Crippen molar-refractivity contribution >= 4 is 0 Å². The zero-order chi connectivity index (χ0) is 17.0. The Kier molecular flexibility index (Phi) is 6.59. The molecule has 0 aromatic heterocycles. The van der Waals surface area contributed by atoms with Crippen LogP contribution in [0.1, 0.15) is 45.4 Å². The Labute approximate surface area is 137 Å². The average molecular weight is 330 g/mol. The van der Waals surface area contributed by atoms with Gasteiger partial charge in [-0.25, -0.2) is 0 Å². The van der Waals surface area contributed by atoms with Crippen molar-refractivity contribution in [2.75, 3.05) is 6.61 Å². The Morgan fingerprint density at radius 2 is 2.00 bits per heavy atom. The largest absolute Gasteiger partial charge is 0.394 e. The molecule has 0 amide bonds. The van der Waals surface area contributed by atoms with Gasteiger partial charge in [-0.1, -0.05) is 19.4 Å². The molecule has 2 fully saturated rings. The first-order chi connectivity index (χ1) is 10.9. The number of ether oxygens (including phenoxy) is 2. The SMILES string of the molecule is C=CCC1O[C@@H]([C@H](O)CO)[C@@H](C)[C@@H](OC2(O)CCCCC2)[C@H]1O. The molecule has 0 radical (unpaired) electrons. The molecule has 6 atom stereocenters. The highest BCUT2D eigenvalue weighted by Crippen LogP contribution is 2.37. The van der Waals surface area contributed by atoms with Crippen LogP contribution in [-0.4, -0.2) is 63.3 Å². The van der Waals surface area contributed by atoms with Crippen LogP contribution >= 0.6 is 0 Å². The van der Waals surface area contributed by atoms with E-state index in [1.807, 2.05) is 0 Å². The summed E-state index contributed by atoms with van der Waals surface area (Å²) in [6.45, 7) is 5.03. The Morgan fingerprint density at radius 3 is 2.57 bits per heavy atom. The molecule has 0 aromatic carbocycles. The molecule has 2 aliphatic rings. The maximum Gasteiger partial charge on any atom is 0.165 e. The van der Waals surface area contributed by atoms with E-state index in [2.05, 4.69) is 6.58 Å². The van der Waals surface area contributed by atoms with Gasteiger partial charge < -0.3 is 29.9 Å². The smallest absolute Gasteiger partial charge is 0.165 e. The third-order valence-corrected chi connectivity index (χ3v) is 5.04. The van der Waals surface area contributed by atoms with Crippen LogP contribution < -0.4 is 0 Å². The summed E-state index contributed by atoms with van der Waals surface area (Å²) in [5, 5.41) is 40.5. The molecule has 1 saturated carbocycles. The second-order valence-corrected chi connectivity index (χ2v) is 6.85. The molecule has 4 N–H and O–H groups in total. The number of hydrogen-bond donors (Lipinski definition) is 4. The summed E-state index contributed by atoms with van der Waals surface area (Å²) in [5.74, 6) is -1.60. The highest BCUT2D eigenvalue weighted by Gasteiger charge is 2.48. The topological polar surface area (TPSA) is 99.4 Å². The summed E-state index contributed by atoms with van der Waals surface area (Å²) in [5.41, 5.74) is 0. The first-order valence-electron chi connectivity index (χ1n) is 8.55. The fourth-order valence-corrected chi connectivity index (χ4v) is 3.67. The van der Waals surface area contributed by atoms with Crippen LogP contribution in [0.2, 0.25) is 0 Å². The molecule has 1 aliphatic heterocycles. The molecule has 1 heterocycles. The molecule has 6 heteroatoms. The average Bonchev–Trinajstić information content (AvgIpc) is 2.54. The van der Waals surface area contributed by atoms with E-state index in [0.717, 1.165) is 19.3 Å². The van der Waals surface area contributed by atoms with Crippen molar-refractivity contribution in [2.45, 2.75) is 81.8 Å². The molecule has 1 saturated heterocycles. The zero-order valence-corrected chi connectivity index (χ0v) is 13.8. The van der Waals surface area contributed by atoms with Gasteiger partial charge in [0.2, 0.25) is 0 Å². The van der Waals surface area contributed by atoms with Crippen LogP contribution in [0.15, 0.2) is 12.7 Å². The maximum atomic E-state index is 10.7. The Balaban J connectivity index is 2.16. The van der Waals surface area contributed by atoms with Gasteiger partial charge in [-0.2, -0.15) is 0 Å². The number of aliphatic hydroxyl groups is 4. The maximum absolute atomic E-state index is 10.7. The van der Waals surface area contributed by atoms with Crippen molar-refractivity contribution in [1.82, 2.24) is 0 Å². The monoisotopic (exact) mass is 330 g/mol. The predicted molar refractivity (Wildman–Crippen MR) is 84.6 cm³/mol. The molecule has 0 spiro atoms. The highest BCUT2D eigenvalue weighted by molar-refractivity contribution is 4.96. The third-order valence-electron chi connectivity index (χ3n) is 5.04. The lowest BCUT2D eigenvalue weighted by atomic mass is 9.84. The van der Waals surface area contributed by atoms with E-state index < -0.39 is 42.9 Å². The lowest BCUT2D eigenvalue weighted by Gasteiger charge is -2.47. The van der Waals surface area contributed by atoms with Gasteiger partial charge in [0.25, 0.3) is 0 Å². The van der Waals surface area contributed by atoms with Crippen molar-refractivity contribution in [2.24, 2.45) is 5.92 Å². The molecular weight excluding hydrogens is 300 g/mol. The molecule has 134 valence electrons. The number of rotatable bonds is 6. The van der Waals surface area contributed by atoms with Crippen LogP contribution in [0.5, 0.6) is 0 Å². The molecule has 6 nitrogen and oxygen atoms in total. The summed E-state index contributed by atoms with van der Waals surface area (Å²) >= 11 is 0. The van der Waals surface area contributed by atoms with Gasteiger partial charge >= 0.3 is 0 Å². The predicted octanol–water partition coefficient (Wildman–Crippen LogP) is 0.718. The summed E-state index contributed by atoms with van der Waals surface area (Å²) in [6, 6.07) is 0. The van der Waals surface area contributed by atoms with Gasteiger partial charge in [-0.05, 0) is 19.3 Å². The third kappa shape index (κ3) is 4.32. The quantitative estimate of drug-likeness (QED) is 0.423. The molecule has 2 rings (SSSR count). The minimum Gasteiger partial charge on any atom is -0.394 e. The van der Waals surface area contributed by atoms with E-state index in [-0.39, 0.29) is 5.92 Å². The van der Waals surface area contributed by atoms with E-state index in [9.17, 15) is 20.4 Å². The van der Waals surface area contributed by atoms with Crippen molar-refractivity contribution in [3.63, 3.8) is 0 Å². The first-order valence-corrected chi connectivity index (χ1v) is 8.55. The van der Waals surface area contributed by atoms with Gasteiger partial charge in [0.1, 0.15) is 12.2 Å². The van der Waals surface area contributed by atoms with Crippen LogP contribution in [-0.2, 0) is 9.47 Å². The van der Waals surface area contributed by atoms with Gasteiger partial charge in [0.05, 0.1) is 24.9 Å². The van der Waals surface area contributed by atoms with Gasteiger partial charge in [0, 0.05) is 18.8 Å². The number of hydrogen-bond acceptors (Lipinski definition) is 6. The number of aliphatic hydroxyl groups excluding tert-OH is 3. The van der Waals surface area contributed by atoms with Crippen LogP contribution in [0.4, 0.5) is 0 Å². The van der Waals surface area contributed by atoms with Gasteiger partial charge in [0.15, 0.2) is 5.79 Å². The second kappa shape index (κ2) is 8.05. The first kappa shape index (κ1) is 18.8. The van der Waals surface area contributed by atoms with Crippen molar-refractivity contribution < 1.29 is 29.9 Å². The normalized spacial score (nSPS) is 38.9. The van der Waals surface area contributed by atoms with Gasteiger partial charge in [-0.3, -0.25) is 0 Å². The second-order valence-electron chi connectivity index (χ2n) is 6.85. The lowest BCUT2D eigenvalue weighted by Crippen LogP contribution is -2.60. The lowest BCUT2D eigenvalue weighted by molar-refractivity contribution is -0.310. The van der Waals surface area contributed by atoms with E-state index in [1.165, 1.54) is 0 Å². The summed E-state index contributed by atoms with van der Waals surface area (Å²) in [4.78, 5) is 0. The molecule has 1 aliphatic carbocycles.